The lowest BCUT2D eigenvalue weighted by atomic mass is 10.1. The number of nitrogens with one attached hydrogen (secondary N) is 2. The zero-order valence-corrected chi connectivity index (χ0v) is 9.31. The molecule has 3 heteroatoms. The van der Waals surface area contributed by atoms with Gasteiger partial charge >= 0.3 is 0 Å². The SMILES string of the molecule is c1ccc2c(C3CSCCN3)c[nH]c2c1. The molecule has 0 radical (unpaired) electrons. The van der Waals surface area contributed by atoms with Gasteiger partial charge in [-0.2, -0.15) is 11.8 Å². The first-order chi connectivity index (χ1) is 7.45. The molecule has 2 heterocycles. The molecule has 1 aliphatic heterocycles. The molecule has 0 aliphatic carbocycles. The van der Waals surface area contributed by atoms with E-state index in [0.717, 1.165) is 6.54 Å². The maximum absolute atomic E-state index is 3.57. The number of hydrogen-bond donors (Lipinski definition) is 2. The van der Waals surface area contributed by atoms with Crippen LogP contribution in [-0.2, 0) is 0 Å². The predicted octanol–water partition coefficient (Wildman–Crippen LogP) is 2.55. The summed E-state index contributed by atoms with van der Waals surface area (Å²) in [5.41, 5.74) is 2.66. The molecule has 0 saturated carbocycles. The highest BCUT2D eigenvalue weighted by molar-refractivity contribution is 7.99. The normalized spacial score (nSPS) is 22.0. The van der Waals surface area contributed by atoms with Crippen LogP contribution in [0.2, 0.25) is 0 Å². The lowest BCUT2D eigenvalue weighted by Gasteiger charge is -2.22. The summed E-state index contributed by atoms with van der Waals surface area (Å²) in [5, 5.41) is 4.93. The van der Waals surface area contributed by atoms with Gasteiger partial charge in [-0.25, -0.2) is 0 Å². The highest BCUT2D eigenvalue weighted by Crippen LogP contribution is 2.28. The third-order valence-electron chi connectivity index (χ3n) is 2.92. The van der Waals surface area contributed by atoms with Crippen molar-refractivity contribution in [2.24, 2.45) is 0 Å². The second-order valence-corrected chi connectivity index (χ2v) is 5.02. The molecule has 1 fully saturated rings. The summed E-state index contributed by atoms with van der Waals surface area (Å²) in [6, 6.07) is 9.03. The molecular weight excluding hydrogens is 204 g/mol. The van der Waals surface area contributed by atoms with Crippen molar-refractivity contribution in [1.29, 1.82) is 0 Å². The van der Waals surface area contributed by atoms with Gasteiger partial charge in [0.15, 0.2) is 0 Å². The van der Waals surface area contributed by atoms with E-state index in [2.05, 4.69) is 40.8 Å². The number of para-hydroxylation sites is 1. The quantitative estimate of drug-likeness (QED) is 0.770. The van der Waals surface area contributed by atoms with Crippen LogP contribution in [0.5, 0.6) is 0 Å². The van der Waals surface area contributed by atoms with E-state index in [4.69, 9.17) is 0 Å². The Balaban J connectivity index is 2.02. The van der Waals surface area contributed by atoms with Crippen LogP contribution in [0.1, 0.15) is 11.6 Å². The molecule has 0 spiro atoms. The van der Waals surface area contributed by atoms with Crippen molar-refractivity contribution in [3.8, 4) is 0 Å². The Hall–Kier alpha value is -0.930. The van der Waals surface area contributed by atoms with Crippen molar-refractivity contribution in [1.82, 2.24) is 10.3 Å². The average Bonchev–Trinajstić information content (AvgIpc) is 2.74. The molecule has 1 aromatic heterocycles. The van der Waals surface area contributed by atoms with Crippen LogP contribution in [0.15, 0.2) is 30.5 Å². The fourth-order valence-electron chi connectivity index (χ4n) is 2.15. The van der Waals surface area contributed by atoms with Crippen LogP contribution in [0, 0.1) is 0 Å². The van der Waals surface area contributed by atoms with Gasteiger partial charge in [0, 0.05) is 41.2 Å². The van der Waals surface area contributed by atoms with Gasteiger partial charge < -0.3 is 10.3 Å². The number of rotatable bonds is 1. The van der Waals surface area contributed by atoms with Crippen LogP contribution < -0.4 is 5.32 Å². The minimum absolute atomic E-state index is 0.514. The topological polar surface area (TPSA) is 27.8 Å². The van der Waals surface area contributed by atoms with Crippen molar-refractivity contribution >= 4 is 22.7 Å². The van der Waals surface area contributed by atoms with Gasteiger partial charge in [0.25, 0.3) is 0 Å². The number of benzene rings is 1. The lowest BCUT2D eigenvalue weighted by molar-refractivity contribution is 0.598. The molecule has 1 aromatic carbocycles. The molecular formula is C12H14N2S. The largest absolute Gasteiger partial charge is 0.361 e. The standard InChI is InChI=1S/C12H14N2S/c1-2-4-11-9(3-1)10(7-14-11)12-8-15-6-5-13-12/h1-4,7,12-14H,5-6,8H2. The van der Waals surface area contributed by atoms with E-state index in [-0.39, 0.29) is 0 Å². The molecule has 1 saturated heterocycles. The Morgan fingerprint density at radius 1 is 1.27 bits per heavy atom. The predicted molar refractivity (Wildman–Crippen MR) is 66.4 cm³/mol. The smallest absolute Gasteiger partial charge is 0.0457 e. The molecule has 2 aromatic rings. The summed E-state index contributed by atoms with van der Waals surface area (Å²) in [7, 11) is 0. The lowest BCUT2D eigenvalue weighted by Crippen LogP contribution is -2.29. The Morgan fingerprint density at radius 2 is 2.20 bits per heavy atom. The number of thioether (sulfide) groups is 1. The summed E-state index contributed by atoms with van der Waals surface area (Å²) in [6.45, 7) is 1.12. The minimum Gasteiger partial charge on any atom is -0.361 e. The van der Waals surface area contributed by atoms with E-state index in [1.165, 1.54) is 28.0 Å². The Labute approximate surface area is 93.4 Å². The first kappa shape index (κ1) is 9.31. The van der Waals surface area contributed by atoms with E-state index < -0.39 is 0 Å². The highest BCUT2D eigenvalue weighted by Gasteiger charge is 2.17. The highest BCUT2D eigenvalue weighted by atomic mass is 32.2. The monoisotopic (exact) mass is 218 g/mol. The molecule has 1 aliphatic rings. The average molecular weight is 218 g/mol. The summed E-state index contributed by atoms with van der Waals surface area (Å²) < 4.78 is 0. The van der Waals surface area contributed by atoms with Crippen LogP contribution >= 0.6 is 11.8 Å². The number of aromatic amines is 1. The molecule has 15 heavy (non-hydrogen) atoms. The Kier molecular flexibility index (Phi) is 2.43. The Bertz CT molecular complexity index is 457. The van der Waals surface area contributed by atoms with E-state index in [0.29, 0.717) is 6.04 Å². The second kappa shape index (κ2) is 3.91. The maximum atomic E-state index is 3.57. The van der Waals surface area contributed by atoms with E-state index in [9.17, 15) is 0 Å². The zero-order chi connectivity index (χ0) is 10.1. The summed E-state index contributed by atoms with van der Waals surface area (Å²) >= 11 is 2.03. The second-order valence-electron chi connectivity index (χ2n) is 3.87. The minimum atomic E-state index is 0.514. The van der Waals surface area contributed by atoms with Crippen LogP contribution in [0.25, 0.3) is 10.9 Å². The van der Waals surface area contributed by atoms with Crippen molar-refractivity contribution in [2.45, 2.75) is 6.04 Å². The van der Waals surface area contributed by atoms with Crippen molar-refractivity contribution in [3.63, 3.8) is 0 Å². The van der Waals surface area contributed by atoms with E-state index in [1.54, 1.807) is 0 Å². The van der Waals surface area contributed by atoms with E-state index >= 15 is 0 Å². The first-order valence-electron chi connectivity index (χ1n) is 5.32. The van der Waals surface area contributed by atoms with Crippen molar-refractivity contribution < 1.29 is 0 Å². The van der Waals surface area contributed by atoms with Gasteiger partial charge in [-0.1, -0.05) is 18.2 Å². The molecule has 2 nitrogen and oxygen atoms in total. The molecule has 0 bridgehead atoms. The summed E-state index contributed by atoms with van der Waals surface area (Å²) in [4.78, 5) is 3.34. The molecule has 3 rings (SSSR count). The van der Waals surface area contributed by atoms with Gasteiger partial charge in [-0.05, 0) is 11.6 Å². The number of hydrogen-bond acceptors (Lipinski definition) is 2. The van der Waals surface area contributed by atoms with E-state index in [1.807, 2.05) is 11.8 Å². The van der Waals surface area contributed by atoms with Gasteiger partial charge in [0.1, 0.15) is 0 Å². The van der Waals surface area contributed by atoms with Gasteiger partial charge in [0.2, 0.25) is 0 Å². The van der Waals surface area contributed by atoms with Crippen LogP contribution in [-0.4, -0.2) is 23.0 Å². The third-order valence-corrected chi connectivity index (χ3v) is 3.98. The molecule has 2 N–H and O–H groups in total. The van der Waals surface area contributed by atoms with Crippen molar-refractivity contribution in [3.05, 3.63) is 36.0 Å². The van der Waals surface area contributed by atoms with Crippen LogP contribution in [0.3, 0.4) is 0 Å². The fourth-order valence-corrected chi connectivity index (χ4v) is 3.11. The molecule has 1 unspecified atom stereocenters. The first-order valence-corrected chi connectivity index (χ1v) is 6.48. The van der Waals surface area contributed by atoms with Crippen molar-refractivity contribution in [2.75, 3.05) is 18.1 Å². The number of H-pyrrole nitrogens is 1. The number of fused-ring (bicyclic) bond motifs is 1. The maximum Gasteiger partial charge on any atom is 0.0457 e. The van der Waals surface area contributed by atoms with Gasteiger partial charge in [-0.15, -0.1) is 0 Å². The molecule has 1 atom stereocenters. The fraction of sp³-hybridized carbons (Fsp3) is 0.333. The van der Waals surface area contributed by atoms with Gasteiger partial charge in [0.05, 0.1) is 0 Å². The summed E-state index contributed by atoms with van der Waals surface area (Å²) in [5.74, 6) is 2.42. The summed E-state index contributed by atoms with van der Waals surface area (Å²) in [6.07, 6.45) is 2.15. The molecule has 78 valence electrons. The Morgan fingerprint density at radius 3 is 3.07 bits per heavy atom. The van der Waals surface area contributed by atoms with Crippen LogP contribution in [0.4, 0.5) is 0 Å². The number of aromatic nitrogens is 1. The van der Waals surface area contributed by atoms with Gasteiger partial charge in [-0.3, -0.25) is 0 Å². The molecule has 0 amide bonds. The third kappa shape index (κ3) is 1.66. The zero-order valence-electron chi connectivity index (χ0n) is 8.49.